The number of para-hydroxylation sites is 2. The fourth-order valence-corrected chi connectivity index (χ4v) is 2.48. The number of amides is 3. The zero-order valence-electron chi connectivity index (χ0n) is 11.0. The summed E-state index contributed by atoms with van der Waals surface area (Å²) in [5.41, 5.74) is 2.23. The highest BCUT2D eigenvalue weighted by Gasteiger charge is 2.28. The van der Waals surface area contributed by atoms with Gasteiger partial charge in [0.05, 0.1) is 17.9 Å². The number of halogens is 1. The number of hydrogen-bond acceptors (Lipinski definition) is 4. The fraction of sp³-hybridized carbons (Fsp3) is 0.385. The maximum absolute atomic E-state index is 11.5. The van der Waals surface area contributed by atoms with Gasteiger partial charge < -0.3 is 15.5 Å². The first-order valence-electron chi connectivity index (χ1n) is 6.42. The van der Waals surface area contributed by atoms with Crippen LogP contribution in [0.15, 0.2) is 24.3 Å². The third-order valence-electron chi connectivity index (χ3n) is 3.47. The van der Waals surface area contributed by atoms with Crippen molar-refractivity contribution in [3.8, 4) is 0 Å². The summed E-state index contributed by atoms with van der Waals surface area (Å²) >= 11 is 0. The van der Waals surface area contributed by atoms with Crippen LogP contribution in [0.2, 0.25) is 0 Å². The summed E-state index contributed by atoms with van der Waals surface area (Å²) in [6.45, 7) is 2.96. The zero-order chi connectivity index (χ0) is 13.2. The van der Waals surface area contributed by atoms with Gasteiger partial charge in [0.1, 0.15) is 0 Å². The van der Waals surface area contributed by atoms with E-state index in [1.807, 2.05) is 24.3 Å². The summed E-state index contributed by atoms with van der Waals surface area (Å²) in [6.07, 6.45) is 0. The van der Waals surface area contributed by atoms with E-state index < -0.39 is 0 Å². The van der Waals surface area contributed by atoms with Gasteiger partial charge in [0.2, 0.25) is 5.91 Å². The zero-order valence-corrected chi connectivity index (χ0v) is 11.8. The van der Waals surface area contributed by atoms with E-state index in [0.29, 0.717) is 13.1 Å². The number of fused-ring (bicyclic) bond motifs is 1. The Labute approximate surface area is 123 Å². The Bertz CT molecular complexity index is 507. The molecule has 0 radical (unpaired) electrons. The Morgan fingerprint density at radius 3 is 2.65 bits per heavy atom. The average molecular weight is 297 g/mol. The number of carbonyl (C=O) groups is 2. The quantitative estimate of drug-likeness (QED) is 0.813. The van der Waals surface area contributed by atoms with Crippen LogP contribution in [0.5, 0.6) is 0 Å². The number of anilines is 2. The molecule has 6 nitrogen and oxygen atoms in total. The van der Waals surface area contributed by atoms with Crippen molar-refractivity contribution in [2.75, 3.05) is 42.9 Å². The summed E-state index contributed by atoms with van der Waals surface area (Å²) in [5.74, 6) is -0.145. The maximum Gasteiger partial charge on any atom is 0.324 e. The second-order valence-corrected chi connectivity index (χ2v) is 4.64. The normalized spacial score (nSPS) is 17.2. The van der Waals surface area contributed by atoms with E-state index in [1.165, 1.54) is 4.90 Å². The highest BCUT2D eigenvalue weighted by atomic mass is 35.5. The highest BCUT2D eigenvalue weighted by Crippen LogP contribution is 2.27. The third-order valence-corrected chi connectivity index (χ3v) is 3.47. The maximum atomic E-state index is 11.5. The number of nitrogens with one attached hydrogen (secondary N) is 2. The minimum Gasteiger partial charge on any atom is -0.382 e. The topological polar surface area (TPSA) is 64.7 Å². The molecule has 2 aliphatic heterocycles. The smallest absolute Gasteiger partial charge is 0.324 e. The van der Waals surface area contributed by atoms with Gasteiger partial charge in [-0.1, -0.05) is 12.1 Å². The van der Waals surface area contributed by atoms with Crippen LogP contribution >= 0.6 is 12.4 Å². The lowest BCUT2D eigenvalue weighted by atomic mass is 10.2. The van der Waals surface area contributed by atoms with Crippen LogP contribution in [-0.4, -0.2) is 49.6 Å². The van der Waals surface area contributed by atoms with Gasteiger partial charge in [-0.15, -0.1) is 12.4 Å². The van der Waals surface area contributed by atoms with Crippen molar-refractivity contribution in [3.05, 3.63) is 24.3 Å². The number of nitrogens with zero attached hydrogens (tertiary/aromatic N) is 2. The highest BCUT2D eigenvalue weighted by molar-refractivity contribution is 6.01. The van der Waals surface area contributed by atoms with Crippen molar-refractivity contribution in [2.45, 2.75) is 0 Å². The largest absolute Gasteiger partial charge is 0.382 e. The minimum atomic E-state index is -0.284. The summed E-state index contributed by atoms with van der Waals surface area (Å²) < 4.78 is 0. The third kappa shape index (κ3) is 2.65. The van der Waals surface area contributed by atoms with Crippen LogP contribution in [0, 0.1) is 0 Å². The minimum absolute atomic E-state index is 0. The SMILES string of the molecule is Cl.O=C1CNC(=O)N1CCN1CCNc2ccccc21. The van der Waals surface area contributed by atoms with Gasteiger partial charge in [0.15, 0.2) is 0 Å². The van der Waals surface area contributed by atoms with Gasteiger partial charge in [-0.2, -0.15) is 0 Å². The molecule has 2 aliphatic rings. The van der Waals surface area contributed by atoms with Crippen LogP contribution in [0.4, 0.5) is 16.2 Å². The lowest BCUT2D eigenvalue weighted by molar-refractivity contribution is -0.124. The van der Waals surface area contributed by atoms with Gasteiger partial charge in [0.25, 0.3) is 0 Å². The van der Waals surface area contributed by atoms with Crippen molar-refractivity contribution in [1.29, 1.82) is 0 Å². The molecular formula is C13H17ClN4O2. The van der Waals surface area contributed by atoms with Gasteiger partial charge >= 0.3 is 6.03 Å². The molecule has 1 fully saturated rings. The first kappa shape index (κ1) is 14.5. The van der Waals surface area contributed by atoms with Crippen LogP contribution < -0.4 is 15.5 Å². The van der Waals surface area contributed by atoms with Crippen molar-refractivity contribution in [1.82, 2.24) is 10.2 Å². The number of benzene rings is 1. The number of carbonyl (C=O) groups excluding carboxylic acids is 2. The van der Waals surface area contributed by atoms with E-state index in [0.717, 1.165) is 24.5 Å². The second-order valence-electron chi connectivity index (χ2n) is 4.64. The molecule has 3 amide bonds. The van der Waals surface area contributed by atoms with Crippen LogP contribution in [0.25, 0.3) is 0 Å². The van der Waals surface area contributed by atoms with Gasteiger partial charge in [0, 0.05) is 26.2 Å². The molecule has 3 rings (SSSR count). The number of hydrogen-bond donors (Lipinski definition) is 2. The van der Waals surface area contributed by atoms with E-state index >= 15 is 0 Å². The Balaban J connectivity index is 0.00000147. The lowest BCUT2D eigenvalue weighted by Crippen LogP contribution is -2.42. The molecule has 0 aliphatic carbocycles. The second kappa shape index (κ2) is 6.00. The van der Waals surface area contributed by atoms with E-state index in [-0.39, 0.29) is 30.9 Å². The molecular weight excluding hydrogens is 280 g/mol. The monoisotopic (exact) mass is 296 g/mol. The Hall–Kier alpha value is -1.95. The van der Waals surface area contributed by atoms with E-state index in [9.17, 15) is 9.59 Å². The molecule has 0 spiro atoms. The molecule has 2 N–H and O–H groups in total. The Kier molecular flexibility index (Phi) is 4.34. The van der Waals surface area contributed by atoms with Crippen LogP contribution in [0.3, 0.4) is 0 Å². The molecule has 1 saturated heterocycles. The van der Waals surface area contributed by atoms with Gasteiger partial charge in [-0.3, -0.25) is 9.69 Å². The molecule has 1 aromatic carbocycles. The molecule has 0 aromatic heterocycles. The molecule has 0 bridgehead atoms. The molecule has 0 unspecified atom stereocenters. The predicted molar refractivity (Wildman–Crippen MR) is 79.5 cm³/mol. The van der Waals surface area contributed by atoms with Crippen LogP contribution in [-0.2, 0) is 4.79 Å². The summed E-state index contributed by atoms with van der Waals surface area (Å²) in [4.78, 5) is 26.5. The van der Waals surface area contributed by atoms with E-state index in [2.05, 4.69) is 15.5 Å². The lowest BCUT2D eigenvalue weighted by Gasteiger charge is -2.32. The van der Waals surface area contributed by atoms with Crippen molar-refractivity contribution in [2.24, 2.45) is 0 Å². The molecule has 0 atom stereocenters. The Morgan fingerprint density at radius 1 is 1.10 bits per heavy atom. The molecule has 0 saturated carbocycles. The molecule has 1 aromatic rings. The number of urea groups is 1. The average Bonchev–Trinajstić information content (AvgIpc) is 2.76. The summed E-state index contributed by atoms with van der Waals surface area (Å²) in [6, 6.07) is 7.79. The standard InChI is InChI=1S/C13H16N4O2.ClH/c18-12-9-15-13(19)17(12)8-7-16-6-5-14-10-3-1-2-4-11(10)16;/h1-4,14H,5-9H2,(H,15,19);1H. The predicted octanol–water partition coefficient (Wildman–Crippen LogP) is 0.892. The first-order chi connectivity index (χ1) is 9.25. The first-order valence-corrected chi connectivity index (χ1v) is 6.42. The molecule has 7 heteroatoms. The molecule has 20 heavy (non-hydrogen) atoms. The van der Waals surface area contributed by atoms with Gasteiger partial charge in [-0.05, 0) is 12.1 Å². The van der Waals surface area contributed by atoms with Gasteiger partial charge in [-0.25, -0.2) is 4.79 Å². The fourth-order valence-electron chi connectivity index (χ4n) is 2.48. The van der Waals surface area contributed by atoms with Crippen molar-refractivity contribution >= 4 is 35.7 Å². The summed E-state index contributed by atoms with van der Waals surface area (Å²) in [5, 5.41) is 5.87. The molecule has 2 heterocycles. The van der Waals surface area contributed by atoms with Crippen LogP contribution in [0.1, 0.15) is 0 Å². The van der Waals surface area contributed by atoms with Crippen molar-refractivity contribution in [3.63, 3.8) is 0 Å². The molecule has 108 valence electrons. The van der Waals surface area contributed by atoms with E-state index in [1.54, 1.807) is 0 Å². The van der Waals surface area contributed by atoms with E-state index in [4.69, 9.17) is 0 Å². The number of rotatable bonds is 3. The Morgan fingerprint density at radius 2 is 1.90 bits per heavy atom. The van der Waals surface area contributed by atoms with Crippen molar-refractivity contribution < 1.29 is 9.59 Å². The summed E-state index contributed by atoms with van der Waals surface area (Å²) in [7, 11) is 0. The number of imide groups is 1.